The first-order chi connectivity index (χ1) is 14.2. The van der Waals surface area contributed by atoms with Gasteiger partial charge >= 0.3 is 0 Å². The lowest BCUT2D eigenvalue weighted by molar-refractivity contribution is 0.0805. The van der Waals surface area contributed by atoms with E-state index in [4.69, 9.17) is 4.74 Å². The van der Waals surface area contributed by atoms with Crippen molar-refractivity contribution in [3.8, 4) is 5.75 Å². The van der Waals surface area contributed by atoms with Crippen LogP contribution >= 0.6 is 0 Å². The fourth-order valence-corrected chi connectivity index (χ4v) is 5.83. The molecule has 0 saturated carbocycles. The van der Waals surface area contributed by atoms with Gasteiger partial charge in [-0.3, -0.25) is 0 Å². The number of rotatable bonds is 5. The quantitative estimate of drug-likeness (QED) is 0.639. The number of nitrogens with zero attached hydrogens (tertiary/aromatic N) is 1. The molecule has 1 fully saturated rings. The Kier molecular flexibility index (Phi) is 4.87. The molecule has 0 spiro atoms. The summed E-state index contributed by atoms with van der Waals surface area (Å²) < 4.78 is 5.60. The number of benzene rings is 2. The minimum atomic E-state index is 0.200. The summed E-state index contributed by atoms with van der Waals surface area (Å²) in [6, 6.07) is 17.7. The topological polar surface area (TPSA) is 28.3 Å². The van der Waals surface area contributed by atoms with Crippen molar-refractivity contribution in [2.75, 3.05) is 26.7 Å². The number of methoxy groups -OCH3 is 1. The van der Waals surface area contributed by atoms with Crippen LogP contribution in [-0.2, 0) is 18.3 Å². The Bertz CT molecular complexity index is 1010. The van der Waals surface area contributed by atoms with Crippen molar-refractivity contribution >= 4 is 10.9 Å². The third kappa shape index (κ3) is 3.16. The van der Waals surface area contributed by atoms with Crippen LogP contribution < -0.4 is 4.74 Å². The number of aromatic amines is 1. The van der Waals surface area contributed by atoms with Gasteiger partial charge in [0.25, 0.3) is 0 Å². The van der Waals surface area contributed by atoms with Crippen LogP contribution in [0.2, 0.25) is 0 Å². The molecule has 2 aliphatic rings. The van der Waals surface area contributed by atoms with Crippen LogP contribution in [0.4, 0.5) is 0 Å². The largest absolute Gasteiger partial charge is 0.497 e. The lowest BCUT2D eigenvalue weighted by atomic mass is 9.58. The molecule has 1 aliphatic carbocycles. The molecule has 0 bridgehead atoms. The van der Waals surface area contributed by atoms with E-state index in [2.05, 4.69) is 65.3 Å². The van der Waals surface area contributed by atoms with Crippen LogP contribution in [0, 0.1) is 5.92 Å². The van der Waals surface area contributed by atoms with Gasteiger partial charge in [-0.25, -0.2) is 0 Å². The van der Waals surface area contributed by atoms with Crippen molar-refractivity contribution in [1.29, 1.82) is 0 Å². The summed E-state index contributed by atoms with van der Waals surface area (Å²) in [6.45, 7) is 5.94. The number of H-pyrrole nitrogens is 1. The predicted octanol–water partition coefficient (Wildman–Crippen LogP) is 5.34. The van der Waals surface area contributed by atoms with Crippen LogP contribution in [-0.4, -0.2) is 36.6 Å². The summed E-state index contributed by atoms with van der Waals surface area (Å²) in [5.74, 6) is 1.62. The van der Waals surface area contributed by atoms with Gasteiger partial charge in [0, 0.05) is 28.6 Å². The highest BCUT2D eigenvalue weighted by molar-refractivity contribution is 5.85. The number of fused-ring (bicyclic) bond motifs is 4. The molecule has 2 atom stereocenters. The number of para-hydroxylation sites is 1. The Labute approximate surface area is 174 Å². The summed E-state index contributed by atoms with van der Waals surface area (Å²) in [5.41, 5.74) is 5.96. The van der Waals surface area contributed by atoms with Gasteiger partial charge in [-0.05, 0) is 74.0 Å². The number of likely N-dealkylation sites (tertiary alicyclic amines) is 1. The van der Waals surface area contributed by atoms with Crippen LogP contribution in [0.15, 0.2) is 48.5 Å². The smallest absolute Gasteiger partial charge is 0.119 e. The van der Waals surface area contributed by atoms with Gasteiger partial charge in [0.2, 0.25) is 0 Å². The van der Waals surface area contributed by atoms with Gasteiger partial charge in [-0.1, -0.05) is 43.7 Å². The van der Waals surface area contributed by atoms with Crippen molar-refractivity contribution in [2.24, 2.45) is 5.92 Å². The number of ether oxygens (including phenoxy) is 1. The number of hydrogen-bond acceptors (Lipinski definition) is 2. The Morgan fingerprint density at radius 2 is 2.07 bits per heavy atom. The Hall–Kier alpha value is -2.26. The highest BCUT2D eigenvalue weighted by atomic mass is 16.5. The number of hydrogen-bond donors (Lipinski definition) is 1. The fourth-order valence-electron chi connectivity index (χ4n) is 5.83. The molecular weight excluding hydrogens is 356 g/mol. The van der Waals surface area contributed by atoms with Gasteiger partial charge in [0.1, 0.15) is 5.75 Å². The van der Waals surface area contributed by atoms with E-state index in [9.17, 15) is 0 Å². The summed E-state index contributed by atoms with van der Waals surface area (Å²) in [6.07, 6.45) is 6.07. The zero-order valence-electron chi connectivity index (χ0n) is 17.7. The molecule has 1 N–H and O–H groups in total. The van der Waals surface area contributed by atoms with Gasteiger partial charge < -0.3 is 14.6 Å². The Morgan fingerprint density at radius 1 is 1.17 bits per heavy atom. The molecule has 1 unspecified atom stereocenters. The molecule has 1 saturated heterocycles. The van der Waals surface area contributed by atoms with E-state index < -0.39 is 0 Å². The lowest BCUT2D eigenvalue weighted by Gasteiger charge is -2.51. The number of aromatic nitrogens is 1. The summed E-state index contributed by atoms with van der Waals surface area (Å²) in [4.78, 5) is 6.49. The van der Waals surface area contributed by atoms with Crippen molar-refractivity contribution in [2.45, 2.75) is 44.4 Å². The molecule has 29 heavy (non-hydrogen) atoms. The monoisotopic (exact) mass is 388 g/mol. The van der Waals surface area contributed by atoms with Crippen LogP contribution in [0.5, 0.6) is 5.75 Å². The molecule has 5 rings (SSSR count). The second-order valence-electron chi connectivity index (χ2n) is 9.00. The summed E-state index contributed by atoms with van der Waals surface area (Å²) in [7, 11) is 1.78. The van der Waals surface area contributed by atoms with Crippen molar-refractivity contribution in [1.82, 2.24) is 9.88 Å². The molecule has 2 heterocycles. The van der Waals surface area contributed by atoms with Crippen molar-refractivity contribution < 1.29 is 4.74 Å². The highest BCUT2D eigenvalue weighted by Gasteiger charge is 2.48. The van der Waals surface area contributed by atoms with E-state index in [0.29, 0.717) is 5.92 Å². The molecule has 0 amide bonds. The average Bonchev–Trinajstić information content (AvgIpc) is 3.13. The summed E-state index contributed by atoms with van der Waals surface area (Å²) in [5, 5.41) is 1.42. The number of piperidine rings is 1. The van der Waals surface area contributed by atoms with Gasteiger partial charge in [0.15, 0.2) is 0 Å². The molecule has 152 valence electrons. The van der Waals surface area contributed by atoms with E-state index >= 15 is 0 Å². The maximum Gasteiger partial charge on any atom is 0.119 e. The molecule has 3 nitrogen and oxygen atoms in total. The maximum atomic E-state index is 5.60. The highest BCUT2D eigenvalue weighted by Crippen LogP contribution is 2.49. The molecule has 3 aromatic rings. The molecule has 0 radical (unpaired) electrons. The minimum absolute atomic E-state index is 0.200. The molecular formula is C26H32N2O. The van der Waals surface area contributed by atoms with Crippen molar-refractivity contribution in [3.63, 3.8) is 0 Å². The van der Waals surface area contributed by atoms with Gasteiger partial charge in [0.05, 0.1) is 7.11 Å². The maximum absolute atomic E-state index is 5.60. The number of nitrogens with one attached hydrogen (secondary N) is 1. The zero-order valence-corrected chi connectivity index (χ0v) is 17.7. The standard InChI is InChI=1S/C26H32N2O/c1-3-4-13-28-14-12-26(19-8-7-9-21(15-19)29-2)17-25-23(16-20(26)18-28)22-10-5-6-11-24(22)27-25/h5-11,15,20,27H,3-4,12-14,16-18H2,1-2H3/t20?,26-/m1/s1. The first kappa shape index (κ1) is 18.7. The second-order valence-corrected chi connectivity index (χ2v) is 9.00. The molecule has 1 aromatic heterocycles. The van der Waals surface area contributed by atoms with E-state index in [1.807, 2.05) is 0 Å². The Balaban J connectivity index is 1.58. The van der Waals surface area contributed by atoms with E-state index in [1.54, 1.807) is 12.7 Å². The normalized spacial score (nSPS) is 24.3. The molecule has 1 aliphatic heterocycles. The van der Waals surface area contributed by atoms with E-state index in [1.165, 1.54) is 67.5 Å². The minimum Gasteiger partial charge on any atom is -0.497 e. The van der Waals surface area contributed by atoms with Gasteiger partial charge in [-0.15, -0.1) is 0 Å². The first-order valence-corrected chi connectivity index (χ1v) is 11.2. The van der Waals surface area contributed by atoms with Gasteiger partial charge in [-0.2, -0.15) is 0 Å². The van der Waals surface area contributed by atoms with E-state index in [0.717, 1.165) is 12.2 Å². The van der Waals surface area contributed by atoms with Crippen LogP contribution in [0.1, 0.15) is 43.0 Å². The third-order valence-corrected chi connectivity index (χ3v) is 7.45. The van der Waals surface area contributed by atoms with Crippen LogP contribution in [0.25, 0.3) is 10.9 Å². The average molecular weight is 389 g/mol. The zero-order chi connectivity index (χ0) is 19.8. The first-order valence-electron chi connectivity index (χ1n) is 11.2. The third-order valence-electron chi connectivity index (χ3n) is 7.45. The second kappa shape index (κ2) is 7.53. The predicted molar refractivity (Wildman–Crippen MR) is 120 cm³/mol. The lowest BCUT2D eigenvalue weighted by Crippen LogP contribution is -2.53. The molecule has 3 heteroatoms. The Morgan fingerprint density at radius 3 is 2.93 bits per heavy atom. The number of unbranched alkanes of at least 4 members (excludes halogenated alkanes) is 1. The van der Waals surface area contributed by atoms with Crippen LogP contribution in [0.3, 0.4) is 0 Å². The van der Waals surface area contributed by atoms with Crippen molar-refractivity contribution in [3.05, 3.63) is 65.4 Å². The van der Waals surface area contributed by atoms with E-state index in [-0.39, 0.29) is 5.41 Å². The molecule has 2 aromatic carbocycles. The fraction of sp³-hybridized carbons (Fsp3) is 0.462. The SMILES string of the molecule is CCCCN1CC[C@]2(c3cccc(OC)c3)Cc3[nH]c4ccccc4c3CC2C1. The summed E-state index contributed by atoms with van der Waals surface area (Å²) >= 11 is 0.